The number of carbonyl (C=O) groups is 2. The molecule has 1 aromatic rings. The molecule has 3 rings (SSSR count). The molecule has 2 aliphatic rings. The lowest BCUT2D eigenvalue weighted by molar-refractivity contribution is -0.128. The zero-order valence-corrected chi connectivity index (χ0v) is 15.5. The van der Waals surface area contributed by atoms with Gasteiger partial charge in [0.15, 0.2) is 0 Å². The van der Waals surface area contributed by atoms with Crippen molar-refractivity contribution >= 4 is 11.8 Å². The van der Waals surface area contributed by atoms with Gasteiger partial charge in [-0.3, -0.25) is 9.59 Å². The first-order valence-electron chi connectivity index (χ1n) is 9.44. The first kappa shape index (κ1) is 18.9. The Hall–Kier alpha value is -1.86. The van der Waals surface area contributed by atoms with E-state index in [-0.39, 0.29) is 35.9 Å². The monoisotopic (exact) mass is 363 g/mol. The molecule has 1 aliphatic carbocycles. The predicted molar refractivity (Wildman–Crippen MR) is 96.9 cm³/mol. The number of aromatic nitrogens is 1. The molecule has 7 nitrogen and oxygen atoms in total. The minimum absolute atomic E-state index is 0.0645. The van der Waals surface area contributed by atoms with Crippen molar-refractivity contribution in [3.05, 3.63) is 23.5 Å². The Morgan fingerprint density at radius 3 is 2.62 bits per heavy atom. The highest BCUT2D eigenvalue weighted by Gasteiger charge is 2.36. The van der Waals surface area contributed by atoms with Crippen LogP contribution in [0.3, 0.4) is 0 Å². The van der Waals surface area contributed by atoms with E-state index in [0.717, 1.165) is 31.4 Å². The predicted octanol–water partition coefficient (Wildman–Crippen LogP) is 1.53. The topological polar surface area (TPSA) is 92.4 Å². The first-order chi connectivity index (χ1) is 12.6. The highest BCUT2D eigenvalue weighted by atomic mass is 16.5. The summed E-state index contributed by atoms with van der Waals surface area (Å²) in [4.78, 5) is 28.2. The van der Waals surface area contributed by atoms with Gasteiger partial charge in [0.1, 0.15) is 0 Å². The van der Waals surface area contributed by atoms with Gasteiger partial charge in [0.2, 0.25) is 5.91 Å². The maximum atomic E-state index is 12.7. The number of aryl methyl sites for hydroxylation is 1. The molecular formula is C19H29N3O4. The van der Waals surface area contributed by atoms with Gasteiger partial charge < -0.3 is 25.1 Å². The van der Waals surface area contributed by atoms with Crippen LogP contribution in [0.5, 0.6) is 0 Å². The second-order valence-corrected chi connectivity index (χ2v) is 7.28. The minimum atomic E-state index is -0.166. The third kappa shape index (κ3) is 4.45. The quantitative estimate of drug-likeness (QED) is 0.740. The molecule has 0 aromatic carbocycles. The number of rotatable bonds is 5. The molecule has 144 valence electrons. The molecule has 7 heteroatoms. The second-order valence-electron chi connectivity index (χ2n) is 7.28. The number of amides is 2. The van der Waals surface area contributed by atoms with Crippen LogP contribution in [0.4, 0.5) is 0 Å². The summed E-state index contributed by atoms with van der Waals surface area (Å²) in [6.07, 6.45) is 5.57. The van der Waals surface area contributed by atoms with Crippen LogP contribution in [0.1, 0.15) is 48.2 Å². The lowest BCUT2D eigenvalue weighted by Gasteiger charge is -2.36. The van der Waals surface area contributed by atoms with E-state index in [1.807, 2.05) is 6.92 Å². The Morgan fingerprint density at radius 1 is 1.19 bits per heavy atom. The summed E-state index contributed by atoms with van der Waals surface area (Å²) in [5, 5.41) is 6.22. The molecular weight excluding hydrogens is 334 g/mol. The smallest absolute Gasteiger partial charge is 0.253 e. The van der Waals surface area contributed by atoms with Crippen LogP contribution in [0.2, 0.25) is 0 Å². The van der Waals surface area contributed by atoms with E-state index in [1.165, 1.54) is 0 Å². The molecule has 2 heterocycles. The van der Waals surface area contributed by atoms with Crippen LogP contribution in [-0.2, 0) is 14.3 Å². The zero-order chi connectivity index (χ0) is 18.5. The number of H-pyrrole nitrogens is 1. The van der Waals surface area contributed by atoms with Crippen LogP contribution in [0, 0.1) is 12.8 Å². The summed E-state index contributed by atoms with van der Waals surface area (Å²) in [7, 11) is 1.66. The molecule has 0 bridgehead atoms. The molecule has 2 amide bonds. The highest BCUT2D eigenvalue weighted by Crippen LogP contribution is 2.27. The molecule has 3 N–H and O–H groups in total. The van der Waals surface area contributed by atoms with E-state index in [2.05, 4.69) is 15.6 Å². The minimum Gasteiger partial charge on any atom is -0.381 e. The summed E-state index contributed by atoms with van der Waals surface area (Å²) in [6.45, 7) is 3.28. The van der Waals surface area contributed by atoms with Gasteiger partial charge in [0.05, 0.1) is 17.7 Å². The van der Waals surface area contributed by atoms with E-state index in [0.29, 0.717) is 25.2 Å². The number of methoxy groups -OCH3 is 1. The van der Waals surface area contributed by atoms with E-state index in [4.69, 9.17) is 9.47 Å². The number of nitrogens with one attached hydrogen (secondary N) is 3. The van der Waals surface area contributed by atoms with Crippen molar-refractivity contribution in [3.8, 4) is 0 Å². The van der Waals surface area contributed by atoms with Crippen LogP contribution < -0.4 is 10.6 Å². The van der Waals surface area contributed by atoms with Gasteiger partial charge in [0.25, 0.3) is 5.91 Å². The van der Waals surface area contributed by atoms with E-state index in [9.17, 15) is 9.59 Å². The summed E-state index contributed by atoms with van der Waals surface area (Å²) in [5.41, 5.74) is 1.47. The summed E-state index contributed by atoms with van der Waals surface area (Å²) < 4.78 is 10.9. The summed E-state index contributed by atoms with van der Waals surface area (Å²) >= 11 is 0. The standard InChI is InChI=1S/C19H29N3O4/c1-12-15(5-8-20-12)19(24)22-16-11-13(3-4-17(16)25-2)18(23)21-14-6-9-26-10-7-14/h5,8,13-14,16-17,20H,3-4,6-7,9-11H2,1-2H3,(H,21,23)(H,22,24)/t13-,16+,17+/m0/s1. The average molecular weight is 363 g/mol. The van der Waals surface area contributed by atoms with Crippen LogP contribution in [0.15, 0.2) is 12.3 Å². The van der Waals surface area contributed by atoms with Gasteiger partial charge in [-0.25, -0.2) is 0 Å². The van der Waals surface area contributed by atoms with E-state index < -0.39 is 0 Å². The number of ether oxygens (including phenoxy) is 2. The highest BCUT2D eigenvalue weighted by molar-refractivity contribution is 5.95. The van der Waals surface area contributed by atoms with Crippen molar-refractivity contribution < 1.29 is 19.1 Å². The number of aromatic amines is 1. The van der Waals surface area contributed by atoms with Gasteiger partial charge in [-0.1, -0.05) is 0 Å². The zero-order valence-electron chi connectivity index (χ0n) is 15.5. The average Bonchev–Trinajstić information content (AvgIpc) is 3.08. The van der Waals surface area contributed by atoms with Gasteiger partial charge in [-0.2, -0.15) is 0 Å². The lowest BCUT2D eigenvalue weighted by Crippen LogP contribution is -2.51. The second kappa shape index (κ2) is 8.68. The Kier molecular flexibility index (Phi) is 6.32. The lowest BCUT2D eigenvalue weighted by atomic mass is 9.82. The molecule has 2 fully saturated rings. The number of hydrogen-bond acceptors (Lipinski definition) is 4. The van der Waals surface area contributed by atoms with Crippen LogP contribution in [0.25, 0.3) is 0 Å². The van der Waals surface area contributed by atoms with Crippen molar-refractivity contribution in [3.63, 3.8) is 0 Å². The van der Waals surface area contributed by atoms with Crippen molar-refractivity contribution in [2.45, 2.75) is 57.2 Å². The van der Waals surface area contributed by atoms with Crippen molar-refractivity contribution in [2.75, 3.05) is 20.3 Å². The van der Waals surface area contributed by atoms with E-state index in [1.54, 1.807) is 19.4 Å². The fourth-order valence-electron chi connectivity index (χ4n) is 3.92. The Balaban J connectivity index is 1.59. The van der Waals surface area contributed by atoms with Gasteiger partial charge in [-0.05, 0) is 45.1 Å². The van der Waals surface area contributed by atoms with Crippen molar-refractivity contribution in [1.29, 1.82) is 0 Å². The Morgan fingerprint density at radius 2 is 1.96 bits per heavy atom. The molecule has 0 radical (unpaired) electrons. The van der Waals surface area contributed by atoms with Crippen LogP contribution in [-0.4, -0.2) is 55.3 Å². The third-order valence-corrected chi connectivity index (χ3v) is 5.54. The Labute approximate surface area is 154 Å². The molecule has 0 unspecified atom stereocenters. The molecule has 1 saturated carbocycles. The third-order valence-electron chi connectivity index (χ3n) is 5.54. The summed E-state index contributed by atoms with van der Waals surface area (Å²) in [6, 6.07) is 1.80. The van der Waals surface area contributed by atoms with E-state index >= 15 is 0 Å². The normalized spacial score (nSPS) is 27.1. The molecule has 3 atom stereocenters. The number of carbonyl (C=O) groups excluding carboxylic acids is 2. The van der Waals surface area contributed by atoms with Gasteiger partial charge in [0, 0.05) is 44.2 Å². The summed E-state index contributed by atoms with van der Waals surface area (Å²) in [5.74, 6) is -0.133. The van der Waals surface area contributed by atoms with Gasteiger partial charge >= 0.3 is 0 Å². The largest absolute Gasteiger partial charge is 0.381 e. The maximum absolute atomic E-state index is 12.7. The van der Waals surface area contributed by atoms with Crippen LogP contribution >= 0.6 is 0 Å². The molecule has 1 aromatic heterocycles. The fourth-order valence-corrected chi connectivity index (χ4v) is 3.92. The molecule has 1 aliphatic heterocycles. The molecule has 1 saturated heterocycles. The SMILES string of the molecule is CO[C@@H]1CC[C@H](C(=O)NC2CCOCC2)C[C@H]1NC(=O)c1cc[nH]c1C. The van der Waals surface area contributed by atoms with Crippen molar-refractivity contribution in [2.24, 2.45) is 5.92 Å². The van der Waals surface area contributed by atoms with Crippen molar-refractivity contribution in [1.82, 2.24) is 15.6 Å². The first-order valence-corrected chi connectivity index (χ1v) is 9.44. The molecule has 26 heavy (non-hydrogen) atoms. The number of hydrogen-bond donors (Lipinski definition) is 3. The molecule has 0 spiro atoms. The fraction of sp³-hybridized carbons (Fsp3) is 0.684. The van der Waals surface area contributed by atoms with Gasteiger partial charge in [-0.15, -0.1) is 0 Å². The maximum Gasteiger partial charge on any atom is 0.253 e. The Bertz CT molecular complexity index is 624.